The molecule has 2 heterocycles. The van der Waals surface area contributed by atoms with Crippen molar-refractivity contribution in [2.45, 2.75) is 26.2 Å². The Kier molecular flexibility index (Phi) is 7.87. The second kappa shape index (κ2) is 10.8. The van der Waals surface area contributed by atoms with Crippen LogP contribution in [0.5, 0.6) is 5.75 Å². The second-order valence-corrected chi connectivity index (χ2v) is 13.0. The van der Waals surface area contributed by atoms with Crippen LogP contribution in [-0.2, 0) is 15.4 Å². The number of nitrogens with zero attached hydrogens (tertiary/aromatic N) is 1. The zero-order chi connectivity index (χ0) is 28.5. The van der Waals surface area contributed by atoms with Crippen molar-refractivity contribution in [3.63, 3.8) is 0 Å². The van der Waals surface area contributed by atoms with Crippen molar-refractivity contribution in [1.29, 1.82) is 0 Å². The highest BCUT2D eigenvalue weighted by Gasteiger charge is 2.23. The van der Waals surface area contributed by atoms with Crippen LogP contribution in [0.3, 0.4) is 0 Å². The molecule has 0 bridgehead atoms. The van der Waals surface area contributed by atoms with Crippen LogP contribution in [0.25, 0.3) is 10.1 Å². The van der Waals surface area contributed by atoms with Crippen molar-refractivity contribution in [2.75, 3.05) is 28.7 Å². The summed E-state index contributed by atoms with van der Waals surface area (Å²) in [5.41, 5.74) is 1.88. The number of carbonyl (C=O) groups is 2. The van der Waals surface area contributed by atoms with Gasteiger partial charge in [0, 0.05) is 28.4 Å². The molecule has 0 saturated carbocycles. The topological polar surface area (TPSA) is 126 Å². The minimum atomic E-state index is -3.62. The number of thiophene rings is 1. The molecule has 0 aliphatic rings. The molecule has 0 saturated heterocycles. The molecule has 204 valence electrons. The third kappa shape index (κ3) is 6.49. The van der Waals surface area contributed by atoms with Gasteiger partial charge in [0.1, 0.15) is 0 Å². The van der Waals surface area contributed by atoms with E-state index in [4.69, 9.17) is 16.3 Å². The summed E-state index contributed by atoms with van der Waals surface area (Å²) in [5.74, 6) is -0.602. The van der Waals surface area contributed by atoms with Crippen molar-refractivity contribution in [1.82, 2.24) is 4.98 Å². The number of nitrogens with one attached hydrogen (secondary N) is 3. The van der Waals surface area contributed by atoms with Crippen LogP contribution in [-0.4, -0.2) is 38.6 Å². The monoisotopic (exact) mass is 586 g/mol. The van der Waals surface area contributed by atoms with E-state index >= 15 is 0 Å². The zero-order valence-corrected chi connectivity index (χ0v) is 24.3. The number of anilines is 3. The lowest BCUT2D eigenvalue weighted by Gasteiger charge is -2.23. The van der Waals surface area contributed by atoms with Gasteiger partial charge in [-0.05, 0) is 53.4 Å². The van der Waals surface area contributed by atoms with Gasteiger partial charge >= 0.3 is 0 Å². The van der Waals surface area contributed by atoms with Gasteiger partial charge in [0.2, 0.25) is 10.0 Å². The van der Waals surface area contributed by atoms with Gasteiger partial charge in [-0.1, -0.05) is 32.4 Å². The highest BCUT2D eigenvalue weighted by molar-refractivity contribution is 7.92. The highest BCUT2D eigenvalue weighted by Crippen LogP contribution is 2.41. The number of carbonyl (C=O) groups excluding carboxylic acids is 2. The summed E-state index contributed by atoms with van der Waals surface area (Å²) in [7, 11) is -2.22. The Hall–Kier alpha value is -3.67. The molecule has 3 N–H and O–H groups in total. The Labute approximate surface area is 235 Å². The third-order valence-electron chi connectivity index (χ3n) is 5.75. The molecule has 2 amide bonds. The summed E-state index contributed by atoms with van der Waals surface area (Å²) in [6.45, 7) is 5.92. The number of hydrogen-bond acceptors (Lipinski definition) is 7. The quantitative estimate of drug-likeness (QED) is 0.239. The Morgan fingerprint density at radius 2 is 1.59 bits per heavy atom. The number of halogens is 1. The number of hydrogen-bond donors (Lipinski definition) is 3. The maximum atomic E-state index is 13.4. The van der Waals surface area contributed by atoms with Crippen LogP contribution in [0, 0.1) is 0 Å². The molecule has 2 aromatic carbocycles. The van der Waals surface area contributed by atoms with Gasteiger partial charge in [-0.15, -0.1) is 11.3 Å². The molecule has 2 aromatic heterocycles. The third-order valence-corrected chi connectivity index (χ3v) is 7.83. The summed E-state index contributed by atoms with van der Waals surface area (Å²) in [6, 6.07) is 11.6. The van der Waals surface area contributed by atoms with Crippen LogP contribution in [0.15, 0.2) is 54.9 Å². The van der Waals surface area contributed by atoms with E-state index < -0.39 is 15.9 Å². The Bertz CT molecular complexity index is 1680. The number of pyridine rings is 1. The maximum absolute atomic E-state index is 13.4. The number of amides is 2. The number of methoxy groups -OCH3 is 1. The summed E-state index contributed by atoms with van der Waals surface area (Å²) in [6.07, 6.45) is 4.10. The fourth-order valence-corrected chi connectivity index (χ4v) is 5.70. The van der Waals surface area contributed by atoms with E-state index in [0.29, 0.717) is 36.9 Å². The van der Waals surface area contributed by atoms with Crippen molar-refractivity contribution in [3.8, 4) is 5.75 Å². The van der Waals surface area contributed by atoms with Gasteiger partial charge in [-0.3, -0.25) is 19.3 Å². The zero-order valence-electron chi connectivity index (χ0n) is 21.9. The highest BCUT2D eigenvalue weighted by atomic mass is 35.5. The smallest absolute Gasteiger partial charge is 0.265 e. The lowest BCUT2D eigenvalue weighted by molar-refractivity contribution is 0.102. The van der Waals surface area contributed by atoms with Crippen molar-refractivity contribution in [3.05, 3.63) is 75.9 Å². The minimum Gasteiger partial charge on any atom is -0.492 e. The van der Waals surface area contributed by atoms with Crippen molar-refractivity contribution in [2.24, 2.45) is 0 Å². The standard InChI is InChI=1S/C27H27ClN4O5S2/c1-27(2,3)16-12-20(23(37-4)21(13-16)32-39(5,35)36)31-26(34)22-14-17-18(28)6-7-19(24(17)38-22)30-25(33)15-8-10-29-11-9-15/h6-14,32H,1-5H3,(H,30,33)(H,31,34). The maximum Gasteiger partial charge on any atom is 0.265 e. The molecule has 0 fully saturated rings. The summed E-state index contributed by atoms with van der Waals surface area (Å²) in [5, 5.41) is 6.76. The molecular weight excluding hydrogens is 560 g/mol. The van der Waals surface area contributed by atoms with Gasteiger partial charge in [-0.2, -0.15) is 0 Å². The SMILES string of the molecule is COc1c(NC(=O)c2cc3c(Cl)ccc(NC(=O)c4ccncc4)c3s2)cc(C(C)(C)C)cc1NS(C)(=O)=O. The normalized spacial score (nSPS) is 11.7. The lowest BCUT2D eigenvalue weighted by Crippen LogP contribution is -2.18. The van der Waals surface area contributed by atoms with Crippen molar-refractivity contribution >= 4 is 71.9 Å². The van der Waals surface area contributed by atoms with E-state index in [1.165, 1.54) is 19.5 Å². The Morgan fingerprint density at radius 1 is 0.949 bits per heavy atom. The fourth-order valence-electron chi connectivity index (χ4n) is 3.83. The van der Waals surface area contributed by atoms with Gasteiger partial charge in [-0.25, -0.2) is 8.42 Å². The molecule has 4 rings (SSSR count). The number of ether oxygens (including phenoxy) is 1. The fraction of sp³-hybridized carbons (Fsp3) is 0.222. The minimum absolute atomic E-state index is 0.172. The summed E-state index contributed by atoms with van der Waals surface area (Å²) >= 11 is 7.59. The molecule has 39 heavy (non-hydrogen) atoms. The van der Waals surface area contributed by atoms with E-state index in [1.807, 2.05) is 20.8 Å². The molecular formula is C27H27ClN4O5S2. The van der Waals surface area contributed by atoms with Crippen LogP contribution in [0.4, 0.5) is 17.1 Å². The predicted molar refractivity (Wildman–Crippen MR) is 157 cm³/mol. The Morgan fingerprint density at radius 3 is 2.21 bits per heavy atom. The predicted octanol–water partition coefficient (Wildman–Crippen LogP) is 6.13. The number of fused-ring (bicyclic) bond motifs is 1. The van der Waals surface area contributed by atoms with E-state index in [1.54, 1.807) is 42.5 Å². The molecule has 12 heteroatoms. The first-order chi connectivity index (χ1) is 18.3. The van der Waals surface area contributed by atoms with E-state index in [2.05, 4.69) is 20.3 Å². The van der Waals surface area contributed by atoms with E-state index in [9.17, 15) is 18.0 Å². The van der Waals surface area contributed by atoms with Crippen LogP contribution in [0.1, 0.15) is 46.4 Å². The average molecular weight is 587 g/mol. The van der Waals surface area contributed by atoms with Crippen LogP contribution >= 0.6 is 22.9 Å². The van der Waals surface area contributed by atoms with Crippen LogP contribution < -0.4 is 20.1 Å². The molecule has 0 aliphatic heterocycles. The molecule has 0 spiro atoms. The number of benzene rings is 2. The first kappa shape index (κ1) is 28.3. The van der Waals surface area contributed by atoms with Crippen LogP contribution in [0.2, 0.25) is 5.02 Å². The first-order valence-electron chi connectivity index (χ1n) is 11.7. The van der Waals surface area contributed by atoms with Crippen molar-refractivity contribution < 1.29 is 22.7 Å². The lowest BCUT2D eigenvalue weighted by atomic mass is 9.86. The van der Waals surface area contributed by atoms with Gasteiger partial charge < -0.3 is 15.4 Å². The van der Waals surface area contributed by atoms with E-state index in [-0.39, 0.29) is 22.8 Å². The summed E-state index contributed by atoms with van der Waals surface area (Å²) in [4.78, 5) is 30.4. The van der Waals surface area contributed by atoms with E-state index in [0.717, 1.165) is 23.2 Å². The largest absolute Gasteiger partial charge is 0.492 e. The van der Waals surface area contributed by atoms with Gasteiger partial charge in [0.05, 0.1) is 40.0 Å². The number of rotatable bonds is 7. The molecule has 0 atom stereocenters. The second-order valence-electron chi connectivity index (χ2n) is 9.82. The van der Waals surface area contributed by atoms with Gasteiger partial charge in [0.15, 0.2) is 5.75 Å². The molecule has 9 nitrogen and oxygen atoms in total. The average Bonchev–Trinajstić information content (AvgIpc) is 3.31. The molecule has 0 aliphatic carbocycles. The Balaban J connectivity index is 1.72. The molecule has 0 radical (unpaired) electrons. The molecule has 4 aromatic rings. The van der Waals surface area contributed by atoms with Gasteiger partial charge in [0.25, 0.3) is 11.8 Å². The molecule has 0 unspecified atom stereocenters. The number of aromatic nitrogens is 1. The first-order valence-corrected chi connectivity index (χ1v) is 14.8. The number of sulfonamides is 1. The summed E-state index contributed by atoms with van der Waals surface area (Å²) < 4.78 is 32.6.